The molecule has 4 N–H and O–H groups in total. The van der Waals surface area contributed by atoms with Gasteiger partial charge in [0.1, 0.15) is 5.54 Å². The van der Waals surface area contributed by atoms with Gasteiger partial charge < -0.3 is 15.7 Å². The summed E-state index contributed by atoms with van der Waals surface area (Å²) >= 11 is 0. The standard InChI is InChI=1S/C18H23N3O5/c1-10(2)17(3,9-13(22)23)20-14(24)11-6-5-7-12(8-11)18(4)15(25)19-16(26)21-18/h5-8,10H,9H2,1-4H3,(H,20,24)(H,22,23)(H2,19,21,25,26). The van der Waals surface area contributed by atoms with Gasteiger partial charge in [0.05, 0.1) is 12.0 Å². The molecule has 1 saturated heterocycles. The lowest BCUT2D eigenvalue weighted by molar-refractivity contribution is -0.139. The number of carbonyl (C=O) groups excluding carboxylic acids is 3. The maximum Gasteiger partial charge on any atom is 0.322 e. The average molecular weight is 361 g/mol. The van der Waals surface area contributed by atoms with Gasteiger partial charge in [0.25, 0.3) is 11.8 Å². The molecule has 8 heteroatoms. The van der Waals surface area contributed by atoms with Crippen molar-refractivity contribution >= 4 is 23.8 Å². The second-order valence-corrected chi connectivity index (χ2v) is 7.21. The van der Waals surface area contributed by atoms with E-state index in [9.17, 15) is 19.2 Å². The Morgan fingerprint density at radius 3 is 2.46 bits per heavy atom. The molecule has 4 amide bonds. The number of nitrogens with one attached hydrogen (secondary N) is 3. The molecule has 8 nitrogen and oxygen atoms in total. The number of amides is 4. The van der Waals surface area contributed by atoms with Crippen molar-refractivity contribution in [2.24, 2.45) is 5.92 Å². The molecule has 0 spiro atoms. The van der Waals surface area contributed by atoms with Crippen molar-refractivity contribution in [3.05, 3.63) is 35.4 Å². The zero-order chi connectivity index (χ0) is 19.7. The summed E-state index contributed by atoms with van der Waals surface area (Å²) < 4.78 is 0. The minimum atomic E-state index is -1.27. The Kier molecular flexibility index (Phi) is 5.06. The molecule has 1 aliphatic heterocycles. The Balaban J connectivity index is 2.29. The van der Waals surface area contributed by atoms with Crippen LogP contribution >= 0.6 is 0 Å². The third-order valence-corrected chi connectivity index (χ3v) is 4.94. The van der Waals surface area contributed by atoms with E-state index in [1.807, 2.05) is 13.8 Å². The Bertz CT molecular complexity index is 776. The van der Waals surface area contributed by atoms with Crippen LogP contribution in [0.4, 0.5) is 4.79 Å². The SMILES string of the molecule is CC(C)C(C)(CC(=O)O)NC(=O)c1cccc(C2(C)NC(=O)NC2=O)c1. The first-order chi connectivity index (χ1) is 12.0. The number of urea groups is 1. The summed E-state index contributed by atoms with van der Waals surface area (Å²) in [5, 5.41) is 16.6. The highest BCUT2D eigenvalue weighted by Gasteiger charge is 2.43. The van der Waals surface area contributed by atoms with Crippen LogP contribution in [0.2, 0.25) is 0 Å². The highest BCUT2D eigenvalue weighted by molar-refractivity contribution is 6.07. The Labute approximate surface area is 151 Å². The molecule has 140 valence electrons. The zero-order valence-corrected chi connectivity index (χ0v) is 15.2. The summed E-state index contributed by atoms with van der Waals surface area (Å²) in [6.45, 7) is 6.89. The van der Waals surface area contributed by atoms with E-state index in [0.717, 1.165) is 0 Å². The first kappa shape index (κ1) is 19.4. The second-order valence-electron chi connectivity index (χ2n) is 7.21. The van der Waals surface area contributed by atoms with Gasteiger partial charge in [-0.05, 0) is 37.5 Å². The van der Waals surface area contributed by atoms with Crippen LogP contribution in [0.1, 0.15) is 50.0 Å². The number of benzene rings is 1. The Morgan fingerprint density at radius 1 is 1.31 bits per heavy atom. The number of carbonyl (C=O) groups is 4. The molecule has 0 aliphatic carbocycles. The largest absolute Gasteiger partial charge is 0.481 e. The lowest BCUT2D eigenvalue weighted by atomic mass is 9.84. The van der Waals surface area contributed by atoms with Crippen molar-refractivity contribution in [1.82, 2.24) is 16.0 Å². The van der Waals surface area contributed by atoms with Crippen molar-refractivity contribution in [2.45, 2.75) is 45.2 Å². The highest BCUT2D eigenvalue weighted by Crippen LogP contribution is 2.26. The summed E-state index contributed by atoms with van der Waals surface area (Å²) in [6, 6.07) is 5.74. The molecule has 26 heavy (non-hydrogen) atoms. The van der Waals surface area contributed by atoms with Gasteiger partial charge in [-0.3, -0.25) is 19.7 Å². The van der Waals surface area contributed by atoms with E-state index in [0.29, 0.717) is 5.56 Å². The summed E-state index contributed by atoms with van der Waals surface area (Å²) in [5.74, 6) is -2.06. The van der Waals surface area contributed by atoms with Gasteiger partial charge in [-0.15, -0.1) is 0 Å². The summed E-state index contributed by atoms with van der Waals surface area (Å²) in [7, 11) is 0. The van der Waals surface area contributed by atoms with Crippen molar-refractivity contribution in [1.29, 1.82) is 0 Å². The van der Waals surface area contributed by atoms with Gasteiger partial charge in [-0.2, -0.15) is 0 Å². The monoisotopic (exact) mass is 361 g/mol. The molecule has 1 fully saturated rings. The van der Waals surface area contributed by atoms with Crippen LogP contribution in [0, 0.1) is 5.92 Å². The molecule has 1 aromatic carbocycles. The summed E-state index contributed by atoms with van der Waals surface area (Å²) in [5.41, 5.74) is -1.47. The van der Waals surface area contributed by atoms with Gasteiger partial charge in [0.2, 0.25) is 0 Å². The molecule has 0 aromatic heterocycles. The number of hydrogen-bond acceptors (Lipinski definition) is 4. The third-order valence-electron chi connectivity index (χ3n) is 4.94. The van der Waals surface area contributed by atoms with Crippen LogP contribution in [-0.4, -0.2) is 34.5 Å². The van der Waals surface area contributed by atoms with Crippen molar-refractivity contribution < 1.29 is 24.3 Å². The van der Waals surface area contributed by atoms with Gasteiger partial charge in [-0.1, -0.05) is 26.0 Å². The molecule has 1 heterocycles. The molecule has 0 bridgehead atoms. The van der Waals surface area contributed by atoms with E-state index in [1.54, 1.807) is 32.0 Å². The van der Waals surface area contributed by atoms with E-state index in [-0.39, 0.29) is 17.9 Å². The van der Waals surface area contributed by atoms with E-state index in [1.165, 1.54) is 6.07 Å². The van der Waals surface area contributed by atoms with Crippen LogP contribution in [0.15, 0.2) is 24.3 Å². The predicted molar refractivity (Wildman–Crippen MR) is 93.4 cm³/mol. The highest BCUT2D eigenvalue weighted by atomic mass is 16.4. The maximum atomic E-state index is 12.7. The van der Waals surface area contributed by atoms with Crippen LogP contribution < -0.4 is 16.0 Å². The van der Waals surface area contributed by atoms with Crippen LogP contribution in [-0.2, 0) is 15.1 Å². The fourth-order valence-electron chi connectivity index (χ4n) is 2.76. The predicted octanol–water partition coefficient (Wildman–Crippen LogP) is 1.36. The molecular weight excluding hydrogens is 338 g/mol. The lowest BCUT2D eigenvalue weighted by Crippen LogP contribution is -2.51. The molecule has 2 unspecified atom stereocenters. The molecule has 2 atom stereocenters. The Hall–Kier alpha value is -2.90. The zero-order valence-electron chi connectivity index (χ0n) is 15.2. The molecule has 1 aromatic rings. The summed E-state index contributed by atoms with van der Waals surface area (Å²) in [4.78, 5) is 47.3. The normalized spacial score (nSPS) is 21.7. The van der Waals surface area contributed by atoms with E-state index in [4.69, 9.17) is 5.11 Å². The van der Waals surface area contributed by atoms with Gasteiger partial charge >= 0.3 is 12.0 Å². The second kappa shape index (κ2) is 6.78. The molecular formula is C18H23N3O5. The molecule has 0 saturated carbocycles. The Morgan fingerprint density at radius 2 is 1.96 bits per heavy atom. The fourth-order valence-corrected chi connectivity index (χ4v) is 2.76. The summed E-state index contributed by atoms with van der Waals surface area (Å²) in [6.07, 6.45) is -0.216. The number of rotatable bonds is 6. The minimum absolute atomic E-state index is 0.108. The maximum absolute atomic E-state index is 12.7. The minimum Gasteiger partial charge on any atom is -0.481 e. The van der Waals surface area contributed by atoms with Crippen molar-refractivity contribution in [3.8, 4) is 0 Å². The number of imide groups is 1. The van der Waals surface area contributed by atoms with E-state index in [2.05, 4.69) is 16.0 Å². The first-order valence-corrected chi connectivity index (χ1v) is 8.26. The molecule has 0 radical (unpaired) electrons. The topological polar surface area (TPSA) is 125 Å². The number of aliphatic carboxylic acids is 1. The lowest BCUT2D eigenvalue weighted by Gasteiger charge is -2.33. The van der Waals surface area contributed by atoms with Gasteiger partial charge in [0, 0.05) is 5.56 Å². The van der Waals surface area contributed by atoms with Gasteiger partial charge in [-0.25, -0.2) is 4.79 Å². The first-order valence-electron chi connectivity index (χ1n) is 8.26. The molecule has 1 aliphatic rings. The number of hydrogen-bond donors (Lipinski definition) is 4. The number of carboxylic acid groups (broad SMARTS) is 1. The van der Waals surface area contributed by atoms with E-state index < -0.39 is 34.9 Å². The third kappa shape index (κ3) is 3.68. The van der Waals surface area contributed by atoms with Gasteiger partial charge in [0.15, 0.2) is 0 Å². The number of carboxylic acids is 1. The van der Waals surface area contributed by atoms with Crippen molar-refractivity contribution in [3.63, 3.8) is 0 Å². The van der Waals surface area contributed by atoms with E-state index >= 15 is 0 Å². The smallest absolute Gasteiger partial charge is 0.322 e. The fraction of sp³-hybridized carbons (Fsp3) is 0.444. The average Bonchev–Trinajstić information content (AvgIpc) is 2.80. The van der Waals surface area contributed by atoms with Crippen LogP contribution in [0.3, 0.4) is 0 Å². The quantitative estimate of drug-likeness (QED) is 0.570. The molecule has 2 rings (SSSR count). The van der Waals surface area contributed by atoms with Crippen molar-refractivity contribution in [2.75, 3.05) is 0 Å². The van der Waals surface area contributed by atoms with Crippen LogP contribution in [0.5, 0.6) is 0 Å². The van der Waals surface area contributed by atoms with Crippen LogP contribution in [0.25, 0.3) is 0 Å².